The lowest BCUT2D eigenvalue weighted by atomic mass is 9.86. The lowest BCUT2D eigenvalue weighted by Crippen LogP contribution is -2.27. The first-order valence-corrected chi connectivity index (χ1v) is 7.12. The monoisotopic (exact) mass is 276 g/mol. The van der Waals surface area contributed by atoms with E-state index in [9.17, 15) is 4.79 Å². The molecule has 2 atom stereocenters. The summed E-state index contributed by atoms with van der Waals surface area (Å²) >= 11 is 0. The van der Waals surface area contributed by atoms with Crippen molar-refractivity contribution >= 4 is 11.6 Å². The van der Waals surface area contributed by atoms with Crippen LogP contribution in [0, 0.1) is 5.92 Å². The summed E-state index contributed by atoms with van der Waals surface area (Å²) in [6, 6.07) is 10.1. The molecule has 0 aromatic heterocycles. The fraction of sp³-hybridized carbons (Fsp3) is 0.500. The third-order valence-electron chi connectivity index (χ3n) is 3.69. The van der Waals surface area contributed by atoms with Crippen LogP contribution in [0.15, 0.2) is 35.5 Å². The van der Waals surface area contributed by atoms with Crippen LogP contribution >= 0.6 is 0 Å². The van der Waals surface area contributed by atoms with Crippen molar-refractivity contribution in [2.24, 2.45) is 11.1 Å². The van der Waals surface area contributed by atoms with Crippen LogP contribution in [0.5, 0.6) is 0 Å². The molecular formula is C16H24N2O2. The van der Waals surface area contributed by atoms with Gasteiger partial charge in [-0.3, -0.25) is 4.79 Å². The second-order valence-electron chi connectivity index (χ2n) is 4.79. The highest BCUT2D eigenvalue weighted by molar-refractivity contribution is 5.86. The van der Waals surface area contributed by atoms with Crippen molar-refractivity contribution in [3.8, 4) is 0 Å². The van der Waals surface area contributed by atoms with Gasteiger partial charge in [-0.25, -0.2) is 0 Å². The van der Waals surface area contributed by atoms with E-state index in [0.29, 0.717) is 18.8 Å². The molecule has 0 aliphatic carbocycles. The van der Waals surface area contributed by atoms with Crippen LogP contribution < -0.4 is 0 Å². The van der Waals surface area contributed by atoms with Gasteiger partial charge in [0.25, 0.3) is 0 Å². The van der Waals surface area contributed by atoms with Crippen molar-refractivity contribution in [3.63, 3.8) is 0 Å². The summed E-state index contributed by atoms with van der Waals surface area (Å²) in [7, 11) is 0. The van der Waals surface area contributed by atoms with Crippen LogP contribution in [0.4, 0.5) is 0 Å². The van der Waals surface area contributed by atoms with Crippen LogP contribution in [-0.4, -0.2) is 34.8 Å². The van der Waals surface area contributed by atoms with E-state index in [1.54, 1.807) is 6.92 Å². The molecule has 1 N–H and O–H groups in total. The highest BCUT2D eigenvalue weighted by atomic mass is 16.4. The molecule has 0 bridgehead atoms. The third-order valence-corrected chi connectivity index (χ3v) is 3.69. The molecule has 1 aromatic carbocycles. The smallest absolute Gasteiger partial charge is 0.219 e. The van der Waals surface area contributed by atoms with Gasteiger partial charge < -0.3 is 10.1 Å². The van der Waals surface area contributed by atoms with Gasteiger partial charge in [0, 0.05) is 31.8 Å². The summed E-state index contributed by atoms with van der Waals surface area (Å²) in [6.07, 6.45) is 0. The second-order valence-corrected chi connectivity index (χ2v) is 4.79. The highest BCUT2D eigenvalue weighted by Gasteiger charge is 2.36. The number of oxime groups is 1. The summed E-state index contributed by atoms with van der Waals surface area (Å²) < 4.78 is 0. The second kappa shape index (κ2) is 7.68. The number of rotatable bonds is 2. The van der Waals surface area contributed by atoms with Crippen molar-refractivity contribution in [1.82, 2.24) is 4.90 Å². The number of nitrogens with zero attached hydrogens (tertiary/aromatic N) is 2. The number of hydrogen-bond acceptors (Lipinski definition) is 3. The molecule has 0 radical (unpaired) electrons. The van der Waals surface area contributed by atoms with Gasteiger partial charge in [-0.05, 0) is 12.5 Å². The molecule has 1 aliphatic rings. The predicted octanol–water partition coefficient (Wildman–Crippen LogP) is 3.12. The maximum Gasteiger partial charge on any atom is 0.219 e. The Balaban J connectivity index is 0.000000956. The molecule has 1 fully saturated rings. The Kier molecular flexibility index (Phi) is 6.22. The van der Waals surface area contributed by atoms with E-state index in [1.807, 2.05) is 43.9 Å². The van der Waals surface area contributed by atoms with Crippen molar-refractivity contribution in [2.75, 3.05) is 13.1 Å². The average molecular weight is 276 g/mol. The van der Waals surface area contributed by atoms with Gasteiger partial charge in [-0.15, -0.1) is 0 Å². The van der Waals surface area contributed by atoms with E-state index in [-0.39, 0.29) is 17.7 Å². The van der Waals surface area contributed by atoms with Gasteiger partial charge in [0.2, 0.25) is 5.91 Å². The maximum atomic E-state index is 11.5. The molecule has 0 spiro atoms. The Morgan fingerprint density at radius 3 is 2.30 bits per heavy atom. The molecule has 4 heteroatoms. The van der Waals surface area contributed by atoms with E-state index >= 15 is 0 Å². The van der Waals surface area contributed by atoms with Gasteiger partial charge in [0.1, 0.15) is 0 Å². The van der Waals surface area contributed by atoms with Crippen LogP contribution in [0.2, 0.25) is 0 Å². The molecular weight excluding hydrogens is 252 g/mol. The largest absolute Gasteiger partial charge is 0.411 e. The molecule has 1 aromatic rings. The first kappa shape index (κ1) is 16.2. The molecule has 1 saturated heterocycles. The number of amides is 1. The van der Waals surface area contributed by atoms with Gasteiger partial charge in [-0.2, -0.15) is 0 Å². The summed E-state index contributed by atoms with van der Waals surface area (Å²) in [5.74, 6) is 0.386. The first-order chi connectivity index (χ1) is 9.63. The van der Waals surface area contributed by atoms with Crippen molar-refractivity contribution in [3.05, 3.63) is 35.9 Å². The van der Waals surface area contributed by atoms with E-state index in [1.165, 1.54) is 5.56 Å². The summed E-state index contributed by atoms with van der Waals surface area (Å²) in [6.45, 7) is 8.71. The zero-order chi connectivity index (χ0) is 15.1. The van der Waals surface area contributed by atoms with Crippen molar-refractivity contribution < 1.29 is 10.0 Å². The first-order valence-electron chi connectivity index (χ1n) is 7.12. The average Bonchev–Trinajstić information content (AvgIpc) is 2.95. The molecule has 1 aliphatic heterocycles. The number of likely N-dealkylation sites (tertiary alicyclic amines) is 1. The number of carbonyl (C=O) groups excluding carboxylic acids is 1. The molecule has 110 valence electrons. The van der Waals surface area contributed by atoms with Gasteiger partial charge in [0.05, 0.1) is 5.71 Å². The minimum atomic E-state index is 0.0733. The van der Waals surface area contributed by atoms with Crippen LogP contribution in [0.1, 0.15) is 39.2 Å². The zero-order valence-electron chi connectivity index (χ0n) is 12.7. The lowest BCUT2D eigenvalue weighted by Gasteiger charge is -2.17. The maximum absolute atomic E-state index is 11.5. The van der Waals surface area contributed by atoms with Crippen molar-refractivity contribution in [2.45, 2.75) is 33.6 Å². The minimum Gasteiger partial charge on any atom is -0.411 e. The minimum absolute atomic E-state index is 0.0733. The van der Waals surface area contributed by atoms with E-state index in [0.717, 1.165) is 0 Å². The standard InChI is InChI=1S/C14H18N2O2.C2H6/c1-10(15-18)13-8-16(11(2)17)9-14(13)12-6-4-3-5-7-12;1-2/h3-7,13-14,18H,8-9H2,1-2H3;1-2H3/b15-10-;/t13-,14-;/m0./s1. The normalized spacial score (nSPS) is 22.2. The fourth-order valence-corrected chi connectivity index (χ4v) is 2.60. The topological polar surface area (TPSA) is 52.9 Å². The van der Waals surface area contributed by atoms with Gasteiger partial charge in [-0.1, -0.05) is 49.3 Å². The lowest BCUT2D eigenvalue weighted by molar-refractivity contribution is -0.127. The van der Waals surface area contributed by atoms with E-state index < -0.39 is 0 Å². The van der Waals surface area contributed by atoms with Crippen LogP contribution in [0.25, 0.3) is 0 Å². The third kappa shape index (κ3) is 3.59. The highest BCUT2D eigenvalue weighted by Crippen LogP contribution is 2.33. The fourth-order valence-electron chi connectivity index (χ4n) is 2.60. The Labute approximate surface area is 121 Å². The molecule has 4 nitrogen and oxygen atoms in total. The van der Waals surface area contributed by atoms with E-state index in [4.69, 9.17) is 5.21 Å². The Morgan fingerprint density at radius 2 is 1.80 bits per heavy atom. The quantitative estimate of drug-likeness (QED) is 0.512. The van der Waals surface area contributed by atoms with E-state index in [2.05, 4.69) is 17.3 Å². The Hall–Kier alpha value is -1.84. The van der Waals surface area contributed by atoms with Crippen molar-refractivity contribution in [1.29, 1.82) is 0 Å². The Bertz CT molecular complexity index is 457. The molecule has 1 amide bonds. The SMILES string of the molecule is CC.CC(=O)N1C[C@@H](/C(C)=N\O)[C@H](c2ccccc2)C1. The summed E-state index contributed by atoms with van der Waals surface area (Å²) in [4.78, 5) is 13.3. The number of benzene rings is 1. The van der Waals surface area contributed by atoms with Crippen LogP contribution in [0.3, 0.4) is 0 Å². The summed E-state index contributed by atoms with van der Waals surface area (Å²) in [5, 5.41) is 12.3. The zero-order valence-corrected chi connectivity index (χ0v) is 12.7. The van der Waals surface area contributed by atoms with Gasteiger partial charge >= 0.3 is 0 Å². The predicted molar refractivity (Wildman–Crippen MR) is 81.2 cm³/mol. The number of carbonyl (C=O) groups is 1. The number of hydrogen-bond donors (Lipinski definition) is 1. The molecule has 0 unspecified atom stereocenters. The summed E-state index contributed by atoms with van der Waals surface area (Å²) in [5.41, 5.74) is 1.88. The molecule has 0 saturated carbocycles. The Morgan fingerprint density at radius 1 is 1.20 bits per heavy atom. The molecule has 2 rings (SSSR count). The van der Waals surface area contributed by atoms with Crippen LogP contribution in [-0.2, 0) is 4.79 Å². The molecule has 20 heavy (non-hydrogen) atoms. The van der Waals surface area contributed by atoms with Gasteiger partial charge in [0.15, 0.2) is 0 Å². The molecule has 1 heterocycles.